The summed E-state index contributed by atoms with van der Waals surface area (Å²) in [4.78, 5) is 0. The molecule has 1 saturated heterocycles. The Morgan fingerprint density at radius 2 is 1.88 bits per heavy atom. The molecule has 1 fully saturated rings. The fourth-order valence-corrected chi connectivity index (χ4v) is 4.81. The predicted molar refractivity (Wildman–Crippen MR) is 98.5 cm³/mol. The normalized spacial score (nSPS) is 28.7. The van der Waals surface area contributed by atoms with Crippen molar-refractivity contribution in [3.8, 4) is 6.07 Å². The van der Waals surface area contributed by atoms with Crippen LogP contribution in [0.4, 0.5) is 0 Å². The molecule has 0 aliphatic carbocycles. The Morgan fingerprint density at radius 1 is 1.21 bits per heavy atom. The van der Waals surface area contributed by atoms with Gasteiger partial charge in [0.25, 0.3) is 8.53 Å². The molecule has 0 bridgehead atoms. The third kappa shape index (κ3) is 6.58. The summed E-state index contributed by atoms with van der Waals surface area (Å²) in [6.07, 6.45) is 3.67. The Kier molecular flexibility index (Phi) is 11.1. The van der Waals surface area contributed by atoms with Gasteiger partial charge in [-0.15, -0.1) is 0 Å². The molecule has 1 aliphatic rings. The van der Waals surface area contributed by atoms with E-state index in [-0.39, 0.29) is 12.2 Å². The van der Waals surface area contributed by atoms with E-state index in [1.54, 1.807) is 0 Å². The Bertz CT molecular complexity index is 370. The Labute approximate surface area is 149 Å². The Hall–Kier alpha value is -0.240. The lowest BCUT2D eigenvalue weighted by molar-refractivity contribution is -0.117. The minimum Gasteiger partial charge on any atom is -0.375 e. The molecule has 0 radical (unpaired) electrons. The van der Waals surface area contributed by atoms with Crippen molar-refractivity contribution in [1.29, 1.82) is 5.26 Å². The van der Waals surface area contributed by atoms with Gasteiger partial charge in [0.2, 0.25) is 0 Å². The molecule has 5 nitrogen and oxygen atoms in total. The number of nitriles is 1. The highest BCUT2D eigenvalue weighted by atomic mass is 31.2. The highest BCUT2D eigenvalue weighted by Gasteiger charge is 2.39. The van der Waals surface area contributed by atoms with Crippen LogP contribution in [0.2, 0.25) is 0 Å². The van der Waals surface area contributed by atoms with Crippen molar-refractivity contribution in [2.24, 2.45) is 11.8 Å². The third-order valence-corrected chi connectivity index (χ3v) is 6.27. The summed E-state index contributed by atoms with van der Waals surface area (Å²) in [5.74, 6) is 0.929. The van der Waals surface area contributed by atoms with Crippen LogP contribution in [0.5, 0.6) is 0 Å². The van der Waals surface area contributed by atoms with Crippen LogP contribution in [-0.4, -0.2) is 43.2 Å². The molecule has 0 spiro atoms. The maximum atomic E-state index is 8.81. The van der Waals surface area contributed by atoms with Crippen molar-refractivity contribution in [2.75, 3.05) is 26.3 Å². The van der Waals surface area contributed by atoms with E-state index in [0.717, 1.165) is 39.0 Å². The summed E-state index contributed by atoms with van der Waals surface area (Å²) in [5, 5.41) is 8.81. The molecule has 1 aliphatic heterocycles. The van der Waals surface area contributed by atoms with Crippen molar-refractivity contribution in [1.82, 2.24) is 4.67 Å². The third-order valence-electron chi connectivity index (χ3n) is 4.58. The SMILES string of the molecule is CCCN(CCC)P(OCCC#N)OC1[C@@H](C)[C@H](C)CO[C@@H]1CC. The van der Waals surface area contributed by atoms with Gasteiger partial charge in [-0.3, -0.25) is 0 Å². The molecule has 140 valence electrons. The van der Waals surface area contributed by atoms with Crippen molar-refractivity contribution in [2.45, 2.75) is 72.5 Å². The van der Waals surface area contributed by atoms with Gasteiger partial charge in [-0.1, -0.05) is 34.6 Å². The second-order valence-corrected chi connectivity index (χ2v) is 8.13. The van der Waals surface area contributed by atoms with Crippen LogP contribution >= 0.6 is 8.53 Å². The smallest absolute Gasteiger partial charge is 0.259 e. The average molecular weight is 358 g/mol. The van der Waals surface area contributed by atoms with Gasteiger partial charge in [0.1, 0.15) is 0 Å². The quantitative estimate of drug-likeness (QED) is 0.395. The van der Waals surface area contributed by atoms with E-state index in [1.165, 1.54) is 0 Å². The lowest BCUT2D eigenvalue weighted by Crippen LogP contribution is -2.45. The molecular formula is C18H35N2O3P. The average Bonchev–Trinajstić information content (AvgIpc) is 2.58. The molecular weight excluding hydrogens is 323 g/mol. The monoisotopic (exact) mass is 358 g/mol. The summed E-state index contributed by atoms with van der Waals surface area (Å²) >= 11 is 0. The fraction of sp³-hybridized carbons (Fsp3) is 0.944. The van der Waals surface area contributed by atoms with Gasteiger partial charge in [0, 0.05) is 19.7 Å². The van der Waals surface area contributed by atoms with Crippen molar-refractivity contribution >= 4 is 8.53 Å². The molecule has 24 heavy (non-hydrogen) atoms. The predicted octanol–water partition coefficient (Wildman–Crippen LogP) is 4.73. The molecule has 2 unspecified atom stereocenters. The summed E-state index contributed by atoms with van der Waals surface area (Å²) in [6.45, 7) is 14.1. The van der Waals surface area contributed by atoms with Crippen LogP contribution in [0, 0.1) is 23.2 Å². The molecule has 0 aromatic carbocycles. The number of nitrogens with zero attached hydrogens (tertiary/aromatic N) is 2. The first-order valence-electron chi connectivity index (χ1n) is 9.42. The number of ether oxygens (including phenoxy) is 1. The highest BCUT2D eigenvalue weighted by molar-refractivity contribution is 7.44. The zero-order valence-corrected chi connectivity index (χ0v) is 16.9. The number of hydrogen-bond donors (Lipinski definition) is 0. The van der Waals surface area contributed by atoms with Crippen LogP contribution in [0.1, 0.15) is 60.3 Å². The first-order valence-corrected chi connectivity index (χ1v) is 10.5. The fourth-order valence-electron chi connectivity index (χ4n) is 2.94. The second kappa shape index (κ2) is 12.2. The lowest BCUT2D eigenvalue weighted by atomic mass is 9.85. The standard InChI is InChI=1S/C18H35N2O3P/c1-6-11-20(12-7-2)24(22-13-9-10-19)23-18-16(5)15(4)14-21-17(18)8-3/h15-18H,6-9,11-14H2,1-5H3/t15-,16+,17-,18?,24?/m1/s1. The topological polar surface area (TPSA) is 54.7 Å². The van der Waals surface area contributed by atoms with E-state index in [1.807, 2.05) is 0 Å². The summed E-state index contributed by atoms with van der Waals surface area (Å²) in [6, 6.07) is 2.15. The van der Waals surface area contributed by atoms with E-state index in [2.05, 4.69) is 45.4 Å². The van der Waals surface area contributed by atoms with Gasteiger partial charge >= 0.3 is 0 Å². The van der Waals surface area contributed by atoms with Gasteiger partial charge in [0.15, 0.2) is 0 Å². The van der Waals surface area contributed by atoms with Crippen molar-refractivity contribution in [3.05, 3.63) is 0 Å². The van der Waals surface area contributed by atoms with Crippen molar-refractivity contribution in [3.63, 3.8) is 0 Å². The van der Waals surface area contributed by atoms with Gasteiger partial charge in [-0.25, -0.2) is 4.67 Å². The zero-order valence-electron chi connectivity index (χ0n) is 16.0. The molecule has 0 amide bonds. The molecule has 0 aromatic rings. The molecule has 0 aromatic heterocycles. The van der Waals surface area contributed by atoms with E-state index in [4.69, 9.17) is 19.0 Å². The van der Waals surface area contributed by atoms with Gasteiger partial charge in [-0.2, -0.15) is 5.26 Å². The maximum absolute atomic E-state index is 8.81. The maximum Gasteiger partial charge on any atom is 0.259 e. The van der Waals surface area contributed by atoms with E-state index >= 15 is 0 Å². The van der Waals surface area contributed by atoms with Crippen LogP contribution in [0.25, 0.3) is 0 Å². The summed E-state index contributed by atoms with van der Waals surface area (Å²) in [5.41, 5.74) is 0. The van der Waals surface area contributed by atoms with Crippen LogP contribution in [0.15, 0.2) is 0 Å². The summed E-state index contributed by atoms with van der Waals surface area (Å²) in [7, 11) is -1.15. The molecule has 0 saturated carbocycles. The first kappa shape index (κ1) is 21.8. The minimum atomic E-state index is -1.15. The summed E-state index contributed by atoms with van der Waals surface area (Å²) < 4.78 is 20.9. The van der Waals surface area contributed by atoms with E-state index in [0.29, 0.717) is 24.9 Å². The number of hydrogen-bond acceptors (Lipinski definition) is 5. The minimum absolute atomic E-state index is 0.0585. The van der Waals surface area contributed by atoms with Crippen LogP contribution in [-0.2, 0) is 13.8 Å². The highest BCUT2D eigenvalue weighted by Crippen LogP contribution is 2.47. The molecule has 1 heterocycles. The molecule has 0 N–H and O–H groups in total. The van der Waals surface area contributed by atoms with Crippen LogP contribution in [0.3, 0.4) is 0 Å². The second-order valence-electron chi connectivity index (χ2n) is 6.62. The van der Waals surface area contributed by atoms with Gasteiger partial charge in [0.05, 0.1) is 31.3 Å². The van der Waals surface area contributed by atoms with E-state index in [9.17, 15) is 0 Å². The van der Waals surface area contributed by atoms with Crippen molar-refractivity contribution < 1.29 is 13.8 Å². The zero-order chi connectivity index (χ0) is 17.9. The molecule has 1 rings (SSSR count). The Morgan fingerprint density at radius 3 is 2.42 bits per heavy atom. The van der Waals surface area contributed by atoms with Crippen LogP contribution < -0.4 is 0 Å². The number of rotatable bonds is 11. The largest absolute Gasteiger partial charge is 0.375 e. The first-order chi connectivity index (χ1) is 11.6. The molecule has 5 atom stereocenters. The van der Waals surface area contributed by atoms with Gasteiger partial charge in [-0.05, 0) is 31.1 Å². The van der Waals surface area contributed by atoms with E-state index < -0.39 is 8.53 Å². The molecule has 6 heteroatoms. The Balaban J connectivity index is 2.84. The van der Waals surface area contributed by atoms with Gasteiger partial charge < -0.3 is 13.8 Å². The lowest BCUT2D eigenvalue weighted by Gasteiger charge is -2.42.